The van der Waals surface area contributed by atoms with Crippen LogP contribution in [0.4, 0.5) is 17.6 Å². The van der Waals surface area contributed by atoms with Gasteiger partial charge in [0.25, 0.3) is 5.91 Å². The Hall–Kier alpha value is -3.47. The number of benzene rings is 1. The number of aryl methyl sites for hydroxylation is 2. The molecule has 3 aromatic rings. The fourth-order valence-electron chi connectivity index (χ4n) is 5.36. The van der Waals surface area contributed by atoms with Crippen molar-refractivity contribution in [1.29, 1.82) is 0 Å². The molecule has 216 valence electrons. The fourth-order valence-corrected chi connectivity index (χ4v) is 5.36. The number of hydrogen-bond donors (Lipinski definition) is 2. The second-order valence-electron chi connectivity index (χ2n) is 10.7. The molecule has 7 nitrogen and oxygen atoms in total. The van der Waals surface area contributed by atoms with Gasteiger partial charge < -0.3 is 19.9 Å². The number of likely N-dealkylation sites (tertiary alicyclic amines) is 1. The quantitative estimate of drug-likeness (QED) is 0.402. The Kier molecular flexibility index (Phi) is 8.53. The Balaban J connectivity index is 1.76. The zero-order chi connectivity index (χ0) is 29.4. The summed E-state index contributed by atoms with van der Waals surface area (Å²) in [6.45, 7) is 6.19. The van der Waals surface area contributed by atoms with Crippen LogP contribution in [0.2, 0.25) is 0 Å². The van der Waals surface area contributed by atoms with Crippen LogP contribution in [0.3, 0.4) is 0 Å². The van der Waals surface area contributed by atoms with E-state index in [-0.39, 0.29) is 35.0 Å². The van der Waals surface area contributed by atoms with Crippen molar-refractivity contribution in [3.05, 3.63) is 52.5 Å². The van der Waals surface area contributed by atoms with Crippen molar-refractivity contribution in [2.45, 2.75) is 58.7 Å². The Bertz CT molecular complexity index is 1420. The molecule has 1 fully saturated rings. The summed E-state index contributed by atoms with van der Waals surface area (Å²) < 4.78 is 56.2. The van der Waals surface area contributed by atoms with Crippen LogP contribution in [-0.4, -0.2) is 57.1 Å². The summed E-state index contributed by atoms with van der Waals surface area (Å²) in [4.78, 5) is 31.8. The lowest BCUT2D eigenvalue weighted by Crippen LogP contribution is -2.47. The number of nitrogens with one attached hydrogen (secondary N) is 1. The summed E-state index contributed by atoms with van der Waals surface area (Å²) in [5.41, 5.74) is 2.11. The van der Waals surface area contributed by atoms with Crippen molar-refractivity contribution < 1.29 is 32.3 Å². The highest BCUT2D eigenvalue weighted by molar-refractivity contribution is 6.01. The van der Waals surface area contributed by atoms with Crippen LogP contribution in [0.25, 0.3) is 22.3 Å². The van der Waals surface area contributed by atoms with Crippen LogP contribution in [0.5, 0.6) is 0 Å². The van der Waals surface area contributed by atoms with E-state index < -0.39 is 24.2 Å². The molecule has 3 heterocycles. The van der Waals surface area contributed by atoms with E-state index in [0.29, 0.717) is 72.7 Å². The normalized spacial score (nSPS) is 14.8. The summed E-state index contributed by atoms with van der Waals surface area (Å²) in [7, 11) is 1.77. The van der Waals surface area contributed by atoms with Crippen LogP contribution in [0.1, 0.15) is 60.8 Å². The highest BCUT2D eigenvalue weighted by atomic mass is 19.4. The first kappa shape index (κ1) is 29.5. The average molecular weight is 563 g/mol. The summed E-state index contributed by atoms with van der Waals surface area (Å²) >= 11 is 0. The van der Waals surface area contributed by atoms with E-state index in [1.165, 1.54) is 0 Å². The first-order chi connectivity index (χ1) is 18.8. The monoisotopic (exact) mass is 562 g/mol. The standard InChI is InChI=1S/C29H34F4N4O3/c1-5-17-13-23-26(35-25(17)20-7-6-18(14-22(20)30)29(31,32)33)21(12-16(2)3)27(36(23)4)28(40)34-19-8-10-37(11-9-19)24(39)15-38/h6-7,13-14,16,19,38H,5,8-12,15H2,1-4H3,(H,34,40). The highest BCUT2D eigenvalue weighted by Crippen LogP contribution is 2.36. The van der Waals surface area contributed by atoms with E-state index in [0.717, 1.165) is 12.1 Å². The molecule has 0 atom stereocenters. The number of halogens is 4. The number of piperidine rings is 1. The SMILES string of the molecule is CCc1cc2c(nc1-c1ccc(C(F)(F)F)cc1F)c(CC(C)C)c(C(=O)NC1CCN(C(=O)CO)CC1)n2C. The molecule has 1 aliphatic heterocycles. The minimum Gasteiger partial charge on any atom is -0.387 e. The third-order valence-electron chi connectivity index (χ3n) is 7.43. The smallest absolute Gasteiger partial charge is 0.387 e. The van der Waals surface area contributed by atoms with Gasteiger partial charge in [0.15, 0.2) is 0 Å². The number of carbonyl (C=O) groups excluding carboxylic acids is 2. The van der Waals surface area contributed by atoms with Gasteiger partial charge in [-0.25, -0.2) is 9.37 Å². The zero-order valence-electron chi connectivity index (χ0n) is 23.0. The molecule has 2 aromatic heterocycles. The lowest BCUT2D eigenvalue weighted by molar-refractivity contribution is -0.138. The van der Waals surface area contributed by atoms with Crippen molar-refractivity contribution in [1.82, 2.24) is 19.8 Å². The van der Waals surface area contributed by atoms with E-state index >= 15 is 4.39 Å². The molecule has 0 saturated carbocycles. The number of amides is 2. The number of fused-ring (bicyclic) bond motifs is 1. The van der Waals surface area contributed by atoms with Crippen molar-refractivity contribution in [2.24, 2.45) is 13.0 Å². The summed E-state index contributed by atoms with van der Waals surface area (Å²) in [5.74, 6) is -1.48. The third-order valence-corrected chi connectivity index (χ3v) is 7.43. The second kappa shape index (κ2) is 11.6. The van der Waals surface area contributed by atoms with Crippen molar-refractivity contribution in [3.63, 3.8) is 0 Å². The van der Waals surface area contributed by atoms with Crippen LogP contribution in [0, 0.1) is 11.7 Å². The van der Waals surface area contributed by atoms with Gasteiger partial charge in [-0.15, -0.1) is 0 Å². The molecule has 40 heavy (non-hydrogen) atoms. The van der Waals surface area contributed by atoms with E-state index in [1.54, 1.807) is 16.5 Å². The largest absolute Gasteiger partial charge is 0.416 e. The molecule has 1 aromatic carbocycles. The number of rotatable bonds is 7. The molecule has 2 amide bonds. The molecule has 4 rings (SSSR count). The van der Waals surface area contributed by atoms with Gasteiger partial charge in [0, 0.05) is 37.3 Å². The maximum absolute atomic E-state index is 15.0. The minimum absolute atomic E-state index is 0.0266. The van der Waals surface area contributed by atoms with Gasteiger partial charge >= 0.3 is 6.18 Å². The summed E-state index contributed by atoms with van der Waals surface area (Å²) in [6.07, 6.45) is -2.60. The molecule has 0 aliphatic carbocycles. The molecule has 0 unspecified atom stereocenters. The minimum atomic E-state index is -4.67. The molecular formula is C29H34F4N4O3. The van der Waals surface area contributed by atoms with Crippen molar-refractivity contribution in [3.8, 4) is 11.3 Å². The Morgan fingerprint density at radius 2 is 1.85 bits per heavy atom. The lowest BCUT2D eigenvalue weighted by Gasteiger charge is -2.32. The summed E-state index contributed by atoms with van der Waals surface area (Å²) in [5, 5.41) is 12.2. The molecule has 1 saturated heterocycles. The fraction of sp³-hybridized carbons (Fsp3) is 0.483. The second-order valence-corrected chi connectivity index (χ2v) is 10.7. The number of aliphatic hydroxyl groups excluding tert-OH is 1. The van der Waals surface area contributed by atoms with Crippen molar-refractivity contribution in [2.75, 3.05) is 19.7 Å². The number of aromatic nitrogens is 2. The van der Waals surface area contributed by atoms with Crippen molar-refractivity contribution >= 4 is 22.8 Å². The van der Waals surface area contributed by atoms with Crippen LogP contribution >= 0.6 is 0 Å². The number of hydrogen-bond acceptors (Lipinski definition) is 4. The highest BCUT2D eigenvalue weighted by Gasteiger charge is 2.32. The number of alkyl halides is 3. The number of aliphatic hydroxyl groups is 1. The van der Waals surface area contributed by atoms with E-state index in [2.05, 4.69) is 5.32 Å². The van der Waals surface area contributed by atoms with Gasteiger partial charge in [0.05, 0.1) is 22.3 Å². The molecule has 1 aliphatic rings. The number of pyridine rings is 1. The molecular weight excluding hydrogens is 528 g/mol. The Morgan fingerprint density at radius 3 is 2.40 bits per heavy atom. The van der Waals surface area contributed by atoms with Gasteiger partial charge in [-0.2, -0.15) is 13.2 Å². The van der Waals surface area contributed by atoms with Gasteiger partial charge in [-0.1, -0.05) is 20.8 Å². The Labute approximate surface area is 230 Å². The molecule has 11 heteroatoms. The van der Waals surface area contributed by atoms with E-state index in [1.807, 2.05) is 26.8 Å². The predicted molar refractivity (Wildman–Crippen MR) is 143 cm³/mol. The first-order valence-electron chi connectivity index (χ1n) is 13.4. The van der Waals surface area contributed by atoms with Gasteiger partial charge in [0.2, 0.25) is 5.91 Å². The number of carbonyl (C=O) groups is 2. The third kappa shape index (κ3) is 5.84. The molecule has 0 radical (unpaired) electrons. The van der Waals surface area contributed by atoms with Crippen LogP contribution in [-0.2, 0) is 30.9 Å². The van der Waals surface area contributed by atoms with Gasteiger partial charge in [0.1, 0.15) is 18.1 Å². The molecule has 0 bridgehead atoms. The van der Waals surface area contributed by atoms with Crippen LogP contribution < -0.4 is 5.32 Å². The van der Waals surface area contributed by atoms with E-state index in [4.69, 9.17) is 10.1 Å². The average Bonchev–Trinajstić information content (AvgIpc) is 3.17. The molecule has 2 N–H and O–H groups in total. The first-order valence-corrected chi connectivity index (χ1v) is 13.4. The lowest BCUT2D eigenvalue weighted by atomic mass is 9.98. The Morgan fingerprint density at radius 1 is 1.18 bits per heavy atom. The van der Waals surface area contributed by atoms with E-state index in [9.17, 15) is 22.8 Å². The summed E-state index contributed by atoms with van der Waals surface area (Å²) in [6, 6.07) is 4.11. The zero-order valence-corrected chi connectivity index (χ0v) is 23.0. The topological polar surface area (TPSA) is 87.5 Å². The van der Waals surface area contributed by atoms with Gasteiger partial charge in [-0.3, -0.25) is 9.59 Å². The maximum atomic E-state index is 15.0. The van der Waals surface area contributed by atoms with Crippen LogP contribution in [0.15, 0.2) is 24.3 Å². The van der Waals surface area contributed by atoms with Gasteiger partial charge in [-0.05, 0) is 61.4 Å². The maximum Gasteiger partial charge on any atom is 0.416 e. The predicted octanol–water partition coefficient (Wildman–Crippen LogP) is 4.87. The number of nitrogens with zero attached hydrogens (tertiary/aromatic N) is 3. The molecule has 0 spiro atoms.